The number of likely N-dealkylation sites (tertiary alicyclic amines) is 1. The summed E-state index contributed by atoms with van der Waals surface area (Å²) in [6.07, 6.45) is -3.34. The highest BCUT2D eigenvalue weighted by Crippen LogP contribution is 2.48. The molecule has 4 rings (SSSR count). The first-order valence-corrected chi connectivity index (χ1v) is 12.2. The average Bonchev–Trinajstić information content (AvgIpc) is 3.67. The van der Waals surface area contributed by atoms with Gasteiger partial charge in [-0.25, -0.2) is 8.78 Å². The number of nitrogens with zero attached hydrogens (tertiary/aromatic N) is 2. The van der Waals surface area contributed by atoms with Crippen LogP contribution in [0.2, 0.25) is 0 Å². The van der Waals surface area contributed by atoms with Gasteiger partial charge in [0.05, 0.1) is 17.9 Å². The molecule has 1 N–H and O–H groups in total. The van der Waals surface area contributed by atoms with Gasteiger partial charge >= 0.3 is 6.18 Å². The van der Waals surface area contributed by atoms with Crippen LogP contribution >= 0.6 is 0 Å². The minimum absolute atomic E-state index is 0.00196. The maximum Gasteiger partial charge on any atom is 0.422 e. The van der Waals surface area contributed by atoms with Crippen LogP contribution in [0.3, 0.4) is 0 Å². The van der Waals surface area contributed by atoms with E-state index < -0.39 is 24.7 Å². The number of carbonyl (C=O) groups excluding carboxylic acids is 2. The van der Waals surface area contributed by atoms with Crippen LogP contribution < -0.4 is 14.8 Å². The van der Waals surface area contributed by atoms with Gasteiger partial charge in [-0.1, -0.05) is 12.1 Å². The second-order valence-corrected chi connectivity index (χ2v) is 9.60. The van der Waals surface area contributed by atoms with Crippen molar-refractivity contribution in [2.24, 2.45) is 5.92 Å². The predicted molar refractivity (Wildman–Crippen MR) is 126 cm³/mol. The second-order valence-electron chi connectivity index (χ2n) is 9.60. The number of ether oxygens (including phenoxy) is 2. The van der Waals surface area contributed by atoms with Crippen molar-refractivity contribution in [1.29, 1.82) is 0 Å². The van der Waals surface area contributed by atoms with E-state index in [0.29, 0.717) is 17.9 Å². The molecule has 2 amide bonds. The summed E-state index contributed by atoms with van der Waals surface area (Å²) in [4.78, 5) is 30.5. The molecule has 1 aliphatic heterocycles. The first-order chi connectivity index (χ1) is 17.9. The van der Waals surface area contributed by atoms with Crippen LogP contribution in [0.4, 0.5) is 22.0 Å². The lowest BCUT2D eigenvalue weighted by atomic mass is 10.1. The smallest absolute Gasteiger partial charge is 0.422 e. The lowest BCUT2D eigenvalue weighted by Gasteiger charge is -2.31. The number of aromatic nitrogens is 1. The number of halogens is 5. The van der Waals surface area contributed by atoms with E-state index in [-0.39, 0.29) is 61.9 Å². The largest absolute Gasteiger partial charge is 0.484 e. The molecule has 38 heavy (non-hydrogen) atoms. The third-order valence-electron chi connectivity index (χ3n) is 6.59. The number of benzene rings is 1. The Morgan fingerprint density at radius 2 is 1.87 bits per heavy atom. The number of alkyl halides is 5. The number of pyridine rings is 1. The van der Waals surface area contributed by atoms with Gasteiger partial charge in [-0.15, -0.1) is 0 Å². The van der Waals surface area contributed by atoms with Crippen molar-refractivity contribution in [2.45, 2.75) is 50.2 Å². The van der Waals surface area contributed by atoms with Gasteiger partial charge in [-0.3, -0.25) is 14.6 Å². The Kier molecular flexibility index (Phi) is 8.08. The van der Waals surface area contributed by atoms with Crippen molar-refractivity contribution in [3.05, 3.63) is 53.9 Å². The van der Waals surface area contributed by atoms with Crippen molar-refractivity contribution in [1.82, 2.24) is 15.2 Å². The summed E-state index contributed by atoms with van der Waals surface area (Å²) in [6, 6.07) is 9.49. The summed E-state index contributed by atoms with van der Waals surface area (Å²) in [5.41, 5.74) is 1.36. The Hall–Kier alpha value is -3.44. The van der Waals surface area contributed by atoms with Gasteiger partial charge in [0.2, 0.25) is 5.91 Å². The number of hydrogen-bond acceptors (Lipinski definition) is 5. The number of amides is 2. The highest BCUT2D eigenvalue weighted by molar-refractivity contribution is 5.83. The highest BCUT2D eigenvalue weighted by atomic mass is 19.4. The molecule has 12 heteroatoms. The standard InChI is InChI=1S/C26H28F5N3O4/c1-16(22-6-5-19(13-32-22)38-15-26(29,30)31)33-24(36)21-12-20(21)17-3-2-4-18(11-17)37-14-23(35)34-9-7-25(27,28)8-10-34/h2-6,11,13,16,20-21H,7-10,12,14-15H2,1H3,(H,33,36)/t16-,20-,21+/m1/s1. The molecule has 2 fully saturated rings. The van der Waals surface area contributed by atoms with E-state index in [9.17, 15) is 31.5 Å². The molecule has 7 nitrogen and oxygen atoms in total. The molecular weight excluding hydrogens is 513 g/mol. The molecule has 0 unspecified atom stereocenters. The summed E-state index contributed by atoms with van der Waals surface area (Å²) in [5, 5.41) is 2.87. The molecule has 0 radical (unpaired) electrons. The van der Waals surface area contributed by atoms with Crippen LogP contribution in [0, 0.1) is 5.92 Å². The Morgan fingerprint density at radius 1 is 1.13 bits per heavy atom. The third kappa shape index (κ3) is 7.55. The number of rotatable bonds is 9. The molecule has 2 heterocycles. The molecule has 2 aliphatic rings. The van der Waals surface area contributed by atoms with Gasteiger partial charge in [-0.05, 0) is 49.1 Å². The van der Waals surface area contributed by atoms with E-state index in [1.807, 2.05) is 6.07 Å². The van der Waals surface area contributed by atoms with Gasteiger partial charge < -0.3 is 19.7 Å². The fourth-order valence-electron chi connectivity index (χ4n) is 4.30. The zero-order chi connectivity index (χ0) is 27.5. The van der Waals surface area contributed by atoms with Crippen molar-refractivity contribution >= 4 is 11.8 Å². The minimum Gasteiger partial charge on any atom is -0.484 e. The van der Waals surface area contributed by atoms with Crippen molar-refractivity contribution in [3.63, 3.8) is 0 Å². The van der Waals surface area contributed by atoms with Crippen LogP contribution in [-0.4, -0.2) is 60.1 Å². The fraction of sp³-hybridized carbons (Fsp3) is 0.500. The SMILES string of the molecule is C[C@@H](NC(=O)[C@H]1C[C@@H]1c1cccc(OCC(=O)N2CCC(F)(F)CC2)c1)c1ccc(OCC(F)(F)F)cn1. The van der Waals surface area contributed by atoms with Crippen molar-refractivity contribution in [3.8, 4) is 11.5 Å². The molecule has 3 atom stereocenters. The van der Waals surface area contributed by atoms with Crippen molar-refractivity contribution in [2.75, 3.05) is 26.3 Å². The maximum absolute atomic E-state index is 13.3. The van der Waals surface area contributed by atoms with Gasteiger partial charge in [0.1, 0.15) is 11.5 Å². The normalized spacial score (nSPS) is 21.4. The number of nitrogens with one attached hydrogen (secondary N) is 1. The molecule has 1 saturated heterocycles. The number of carbonyl (C=O) groups is 2. The molecule has 1 aromatic heterocycles. The Labute approximate surface area is 216 Å². The highest BCUT2D eigenvalue weighted by Gasteiger charge is 2.44. The molecule has 1 aromatic carbocycles. The van der Waals surface area contributed by atoms with E-state index in [4.69, 9.17) is 4.74 Å². The number of piperidine rings is 1. The van der Waals surface area contributed by atoms with E-state index in [1.54, 1.807) is 25.1 Å². The Morgan fingerprint density at radius 3 is 2.53 bits per heavy atom. The fourth-order valence-corrected chi connectivity index (χ4v) is 4.30. The monoisotopic (exact) mass is 541 g/mol. The third-order valence-corrected chi connectivity index (χ3v) is 6.59. The summed E-state index contributed by atoms with van der Waals surface area (Å²) in [5.74, 6) is -3.12. The second kappa shape index (κ2) is 11.1. The van der Waals surface area contributed by atoms with Crippen LogP contribution in [0.15, 0.2) is 42.6 Å². The molecule has 0 spiro atoms. The molecule has 206 valence electrons. The van der Waals surface area contributed by atoms with E-state index in [0.717, 1.165) is 5.56 Å². The van der Waals surface area contributed by atoms with E-state index >= 15 is 0 Å². The number of hydrogen-bond donors (Lipinski definition) is 1. The Bertz CT molecular complexity index is 1130. The van der Waals surface area contributed by atoms with E-state index in [2.05, 4.69) is 15.0 Å². The van der Waals surface area contributed by atoms with Crippen LogP contribution in [-0.2, 0) is 9.59 Å². The summed E-state index contributed by atoms with van der Waals surface area (Å²) in [6.45, 7) is 0.0544. The lowest BCUT2D eigenvalue weighted by Crippen LogP contribution is -2.44. The summed E-state index contributed by atoms with van der Waals surface area (Å²) in [7, 11) is 0. The maximum atomic E-state index is 13.3. The van der Waals surface area contributed by atoms with Crippen LogP contribution in [0.25, 0.3) is 0 Å². The summed E-state index contributed by atoms with van der Waals surface area (Å²) >= 11 is 0. The zero-order valence-electron chi connectivity index (χ0n) is 20.6. The lowest BCUT2D eigenvalue weighted by molar-refractivity contribution is -0.153. The molecule has 0 bridgehead atoms. The predicted octanol–water partition coefficient (Wildman–Crippen LogP) is 4.64. The van der Waals surface area contributed by atoms with Crippen LogP contribution in [0.1, 0.15) is 49.4 Å². The first kappa shape index (κ1) is 27.6. The molecule has 2 aromatic rings. The van der Waals surface area contributed by atoms with Gasteiger partial charge in [0, 0.05) is 31.8 Å². The Balaban J connectivity index is 1.24. The average molecular weight is 542 g/mol. The minimum atomic E-state index is -4.44. The molecule has 1 aliphatic carbocycles. The summed E-state index contributed by atoms with van der Waals surface area (Å²) < 4.78 is 73.7. The van der Waals surface area contributed by atoms with Gasteiger partial charge in [-0.2, -0.15) is 13.2 Å². The van der Waals surface area contributed by atoms with Gasteiger partial charge in [0.15, 0.2) is 13.2 Å². The zero-order valence-corrected chi connectivity index (χ0v) is 20.6. The van der Waals surface area contributed by atoms with Gasteiger partial charge in [0.25, 0.3) is 11.8 Å². The first-order valence-electron chi connectivity index (χ1n) is 12.2. The van der Waals surface area contributed by atoms with E-state index in [1.165, 1.54) is 23.2 Å². The molecule has 1 saturated carbocycles. The van der Waals surface area contributed by atoms with Crippen LogP contribution in [0.5, 0.6) is 11.5 Å². The topological polar surface area (TPSA) is 80.8 Å². The quantitative estimate of drug-likeness (QED) is 0.468. The molecular formula is C26H28F5N3O4. The van der Waals surface area contributed by atoms with Crippen molar-refractivity contribution < 1.29 is 41.0 Å².